The molecular formula is C29H31F4N5O2. The molecule has 2 aromatic carbocycles. The largest absolute Gasteiger partial charge is 0.352 e. The van der Waals surface area contributed by atoms with Crippen LogP contribution >= 0.6 is 0 Å². The Labute approximate surface area is 230 Å². The number of likely N-dealkylation sites (tertiary alicyclic amines) is 1. The van der Waals surface area contributed by atoms with Gasteiger partial charge in [-0.15, -0.1) is 0 Å². The Hall–Kier alpha value is -3.91. The van der Waals surface area contributed by atoms with Gasteiger partial charge in [-0.2, -0.15) is 0 Å². The third-order valence-corrected chi connectivity index (χ3v) is 7.91. The van der Waals surface area contributed by atoms with E-state index >= 15 is 0 Å². The van der Waals surface area contributed by atoms with Gasteiger partial charge in [0, 0.05) is 58.3 Å². The fourth-order valence-corrected chi connectivity index (χ4v) is 5.48. The Kier molecular flexibility index (Phi) is 8.49. The third kappa shape index (κ3) is 5.54. The molecule has 2 heterocycles. The smallest absolute Gasteiger partial charge is 0.324 e. The van der Waals surface area contributed by atoms with Gasteiger partial charge in [-0.3, -0.25) is 4.79 Å². The molecule has 1 unspecified atom stereocenters. The summed E-state index contributed by atoms with van der Waals surface area (Å²) in [6.45, 7) is 11.4. The summed E-state index contributed by atoms with van der Waals surface area (Å²) < 4.78 is 55.4. The summed E-state index contributed by atoms with van der Waals surface area (Å²) in [4.78, 5) is 34.6. The van der Waals surface area contributed by atoms with Crippen molar-refractivity contribution >= 4 is 11.9 Å². The van der Waals surface area contributed by atoms with E-state index in [0.717, 1.165) is 18.2 Å². The number of rotatable bonds is 7. The topological polar surface area (TPSA) is 60.3 Å². The van der Waals surface area contributed by atoms with Crippen molar-refractivity contribution in [2.45, 2.75) is 37.8 Å². The van der Waals surface area contributed by atoms with Gasteiger partial charge in [0.2, 0.25) is 0 Å². The van der Waals surface area contributed by atoms with E-state index < -0.39 is 40.8 Å². The highest BCUT2D eigenvalue weighted by atomic mass is 19.2. The van der Waals surface area contributed by atoms with E-state index in [1.165, 1.54) is 35.0 Å². The number of carbonyl (C=O) groups excluding carboxylic acids is 2. The molecule has 1 N–H and O–H groups in total. The van der Waals surface area contributed by atoms with Crippen LogP contribution in [-0.4, -0.2) is 66.9 Å². The van der Waals surface area contributed by atoms with Gasteiger partial charge in [0.05, 0.1) is 17.2 Å². The molecule has 0 saturated carbocycles. The van der Waals surface area contributed by atoms with Crippen molar-refractivity contribution in [3.8, 4) is 0 Å². The summed E-state index contributed by atoms with van der Waals surface area (Å²) in [5.41, 5.74) is 0.141. The van der Waals surface area contributed by atoms with Crippen molar-refractivity contribution in [1.82, 2.24) is 20.0 Å². The number of piperidine rings is 1. The number of amides is 3. The first-order valence-electron chi connectivity index (χ1n) is 13.0. The van der Waals surface area contributed by atoms with Crippen LogP contribution in [0.3, 0.4) is 0 Å². The standard InChI is InChI=1S/C29H31F4N5O2/c1-18-25(26(37(4)28(40)36(18)3)19-6-9-22(31)24(33)16-19)27(39)35-12-5-13-38-14-10-29(34-2,11-15-38)21-8-7-20(30)17-23(21)32/h6-9,16-17,26H,5,10-15H2,1,3-4H3,(H,35,39). The second kappa shape index (κ2) is 11.7. The quantitative estimate of drug-likeness (QED) is 0.297. The molecular weight excluding hydrogens is 526 g/mol. The van der Waals surface area contributed by atoms with Crippen molar-refractivity contribution < 1.29 is 27.2 Å². The summed E-state index contributed by atoms with van der Waals surface area (Å²) >= 11 is 0. The fourth-order valence-electron chi connectivity index (χ4n) is 5.48. The van der Waals surface area contributed by atoms with Crippen LogP contribution in [-0.2, 0) is 10.3 Å². The van der Waals surface area contributed by atoms with Crippen molar-refractivity contribution in [1.29, 1.82) is 0 Å². The lowest BCUT2D eigenvalue weighted by atomic mass is 9.81. The molecule has 0 aliphatic carbocycles. The highest BCUT2D eigenvalue weighted by Crippen LogP contribution is 2.39. The van der Waals surface area contributed by atoms with Gasteiger partial charge in [0.1, 0.15) is 11.6 Å². The minimum atomic E-state index is -1.07. The minimum Gasteiger partial charge on any atom is -0.352 e. The van der Waals surface area contributed by atoms with Gasteiger partial charge in [0.15, 0.2) is 11.6 Å². The normalized spacial score (nSPS) is 19.6. The zero-order valence-corrected chi connectivity index (χ0v) is 22.6. The van der Waals surface area contributed by atoms with E-state index in [1.807, 2.05) is 0 Å². The summed E-state index contributed by atoms with van der Waals surface area (Å²) in [7, 11) is 3.04. The van der Waals surface area contributed by atoms with Crippen molar-refractivity contribution in [2.24, 2.45) is 0 Å². The molecule has 1 saturated heterocycles. The number of hydrogen-bond acceptors (Lipinski definition) is 3. The maximum absolute atomic E-state index is 14.4. The molecule has 11 heteroatoms. The monoisotopic (exact) mass is 557 g/mol. The van der Waals surface area contributed by atoms with Crippen LogP contribution in [0, 0.1) is 29.8 Å². The van der Waals surface area contributed by atoms with Gasteiger partial charge in [-0.25, -0.2) is 28.9 Å². The summed E-state index contributed by atoms with van der Waals surface area (Å²) in [6, 6.07) is 5.38. The zero-order chi connectivity index (χ0) is 29.2. The molecule has 2 aliphatic heterocycles. The molecule has 2 aliphatic rings. The maximum Gasteiger partial charge on any atom is 0.324 e. The predicted octanol–water partition coefficient (Wildman–Crippen LogP) is 4.97. The number of nitrogens with one attached hydrogen (secondary N) is 1. The molecule has 0 aromatic heterocycles. The SMILES string of the molecule is [C-]#[N+]C1(c2ccc(F)cc2F)CCN(CCCNC(=O)C2=C(C)N(C)C(=O)N(C)C2c2ccc(F)c(F)c2)CC1. The van der Waals surface area contributed by atoms with Gasteiger partial charge >= 0.3 is 6.03 Å². The highest BCUT2D eigenvalue weighted by molar-refractivity contribution is 5.98. The first-order valence-corrected chi connectivity index (χ1v) is 13.0. The van der Waals surface area contributed by atoms with E-state index in [-0.39, 0.29) is 22.7 Å². The maximum atomic E-state index is 14.4. The number of nitrogens with zero attached hydrogens (tertiary/aromatic N) is 4. The van der Waals surface area contributed by atoms with Gasteiger partial charge in [-0.1, -0.05) is 6.07 Å². The lowest BCUT2D eigenvalue weighted by molar-refractivity contribution is -0.118. The third-order valence-electron chi connectivity index (χ3n) is 7.91. The van der Waals surface area contributed by atoms with Crippen LogP contribution in [0.15, 0.2) is 47.7 Å². The van der Waals surface area contributed by atoms with E-state index in [4.69, 9.17) is 6.57 Å². The number of likely N-dealkylation sites (N-methyl/N-ethyl adjacent to an activating group) is 1. The summed E-state index contributed by atoms with van der Waals surface area (Å²) in [5, 5.41) is 2.88. The van der Waals surface area contributed by atoms with Crippen molar-refractivity contribution in [2.75, 3.05) is 40.3 Å². The molecule has 0 spiro atoms. The zero-order valence-electron chi connectivity index (χ0n) is 22.6. The van der Waals surface area contributed by atoms with E-state index in [9.17, 15) is 27.2 Å². The number of halogens is 4. The second-order valence-corrected chi connectivity index (χ2v) is 10.2. The molecule has 212 valence electrons. The summed E-state index contributed by atoms with van der Waals surface area (Å²) in [6.07, 6.45) is 1.40. The average molecular weight is 558 g/mol. The lowest BCUT2D eigenvalue weighted by Crippen LogP contribution is -2.48. The average Bonchev–Trinajstić information content (AvgIpc) is 2.93. The Balaban J connectivity index is 1.37. The van der Waals surface area contributed by atoms with Gasteiger partial charge in [-0.05, 0) is 49.7 Å². The Bertz CT molecular complexity index is 1380. The van der Waals surface area contributed by atoms with Crippen LogP contribution in [0.4, 0.5) is 22.4 Å². The second-order valence-electron chi connectivity index (χ2n) is 10.2. The Morgan fingerprint density at radius 3 is 2.38 bits per heavy atom. The molecule has 2 aromatic rings. The van der Waals surface area contributed by atoms with Gasteiger partial charge < -0.3 is 24.9 Å². The number of allylic oxidation sites excluding steroid dienone is 1. The highest BCUT2D eigenvalue weighted by Gasteiger charge is 2.44. The minimum absolute atomic E-state index is 0.218. The van der Waals surface area contributed by atoms with E-state index in [2.05, 4.69) is 15.1 Å². The van der Waals surface area contributed by atoms with Crippen LogP contribution in [0.25, 0.3) is 4.85 Å². The summed E-state index contributed by atoms with van der Waals surface area (Å²) in [5.74, 6) is -3.90. The van der Waals surface area contributed by atoms with Crippen molar-refractivity contribution in [3.05, 3.63) is 93.5 Å². The van der Waals surface area contributed by atoms with E-state index in [0.29, 0.717) is 51.1 Å². The Morgan fingerprint density at radius 1 is 1.05 bits per heavy atom. The molecule has 40 heavy (non-hydrogen) atoms. The fraction of sp³-hybridized carbons (Fsp3) is 0.414. The number of carbonyl (C=O) groups is 2. The predicted molar refractivity (Wildman–Crippen MR) is 141 cm³/mol. The molecule has 0 radical (unpaired) electrons. The molecule has 4 rings (SSSR count). The molecule has 7 nitrogen and oxygen atoms in total. The van der Waals surface area contributed by atoms with Crippen LogP contribution in [0.5, 0.6) is 0 Å². The first kappa shape index (κ1) is 29.1. The van der Waals surface area contributed by atoms with Gasteiger partial charge in [0.25, 0.3) is 11.4 Å². The van der Waals surface area contributed by atoms with Crippen molar-refractivity contribution in [3.63, 3.8) is 0 Å². The first-order chi connectivity index (χ1) is 19.0. The molecule has 1 atom stereocenters. The molecule has 1 fully saturated rings. The number of hydrogen-bond donors (Lipinski definition) is 1. The van der Waals surface area contributed by atoms with Crippen LogP contribution in [0.1, 0.15) is 43.4 Å². The lowest BCUT2D eigenvalue weighted by Gasteiger charge is -2.40. The molecule has 0 bridgehead atoms. The Morgan fingerprint density at radius 2 is 1.75 bits per heavy atom. The van der Waals surface area contributed by atoms with Crippen LogP contribution < -0.4 is 5.32 Å². The van der Waals surface area contributed by atoms with E-state index in [1.54, 1.807) is 14.0 Å². The van der Waals surface area contributed by atoms with Crippen LogP contribution in [0.2, 0.25) is 0 Å². The number of urea groups is 1. The molecule has 3 amide bonds. The number of benzene rings is 2.